The molecule has 0 amide bonds. The monoisotopic (exact) mass is 237 g/mol. The van der Waals surface area contributed by atoms with Crippen LogP contribution in [0.4, 0.5) is 0 Å². The molecule has 1 heterocycles. The van der Waals surface area contributed by atoms with E-state index >= 15 is 0 Å². The SMILES string of the molecule is CCCCC(CC)COc1nccnc1CN. The molecule has 0 spiro atoms. The van der Waals surface area contributed by atoms with Gasteiger partial charge in [0.05, 0.1) is 6.61 Å². The van der Waals surface area contributed by atoms with E-state index in [-0.39, 0.29) is 0 Å². The zero-order valence-corrected chi connectivity index (χ0v) is 10.9. The van der Waals surface area contributed by atoms with Gasteiger partial charge in [-0.1, -0.05) is 33.1 Å². The van der Waals surface area contributed by atoms with Gasteiger partial charge in [0.2, 0.25) is 5.88 Å². The Hall–Kier alpha value is -1.16. The Balaban J connectivity index is 2.47. The third kappa shape index (κ3) is 4.69. The largest absolute Gasteiger partial charge is 0.476 e. The Labute approximate surface area is 104 Å². The van der Waals surface area contributed by atoms with E-state index in [1.807, 2.05) is 0 Å². The quantitative estimate of drug-likeness (QED) is 0.754. The van der Waals surface area contributed by atoms with Crippen molar-refractivity contribution in [3.63, 3.8) is 0 Å². The van der Waals surface area contributed by atoms with Crippen LogP contribution in [0.1, 0.15) is 45.2 Å². The third-order valence-electron chi connectivity index (χ3n) is 2.93. The van der Waals surface area contributed by atoms with E-state index in [9.17, 15) is 0 Å². The van der Waals surface area contributed by atoms with Crippen molar-refractivity contribution in [3.05, 3.63) is 18.1 Å². The van der Waals surface area contributed by atoms with Crippen LogP contribution in [0.15, 0.2) is 12.4 Å². The number of hydrogen-bond donors (Lipinski definition) is 1. The summed E-state index contributed by atoms with van der Waals surface area (Å²) in [5.41, 5.74) is 6.32. The standard InChI is InChI=1S/C13H23N3O/c1-3-5-6-11(4-2)10-17-13-12(9-14)15-7-8-16-13/h7-8,11H,3-6,9-10,14H2,1-2H3. The number of rotatable bonds is 8. The normalized spacial score (nSPS) is 12.4. The van der Waals surface area contributed by atoms with Crippen LogP contribution in [-0.2, 0) is 6.54 Å². The van der Waals surface area contributed by atoms with E-state index in [1.165, 1.54) is 19.3 Å². The first-order valence-electron chi connectivity index (χ1n) is 6.44. The van der Waals surface area contributed by atoms with Crippen molar-refractivity contribution in [1.29, 1.82) is 0 Å². The molecule has 0 aliphatic rings. The molecule has 1 aromatic heterocycles. The second-order valence-electron chi connectivity index (χ2n) is 4.24. The van der Waals surface area contributed by atoms with Gasteiger partial charge in [-0.3, -0.25) is 4.98 Å². The predicted molar refractivity (Wildman–Crippen MR) is 68.7 cm³/mol. The van der Waals surface area contributed by atoms with E-state index in [0.717, 1.165) is 12.1 Å². The molecule has 1 aromatic rings. The number of aromatic nitrogens is 2. The number of hydrogen-bond acceptors (Lipinski definition) is 4. The summed E-state index contributed by atoms with van der Waals surface area (Å²) in [6.07, 6.45) is 8.12. The third-order valence-corrected chi connectivity index (χ3v) is 2.93. The molecule has 0 bridgehead atoms. The number of unbranched alkanes of at least 4 members (excludes halogenated alkanes) is 1. The highest BCUT2D eigenvalue weighted by molar-refractivity contribution is 5.16. The van der Waals surface area contributed by atoms with Gasteiger partial charge in [0.1, 0.15) is 5.69 Å². The summed E-state index contributed by atoms with van der Waals surface area (Å²) in [7, 11) is 0. The minimum atomic E-state index is 0.370. The Kier molecular flexibility index (Phi) is 6.55. The van der Waals surface area contributed by atoms with Gasteiger partial charge in [-0.2, -0.15) is 0 Å². The minimum Gasteiger partial charge on any atom is -0.476 e. The minimum absolute atomic E-state index is 0.370. The van der Waals surface area contributed by atoms with Crippen LogP contribution in [0, 0.1) is 5.92 Å². The second kappa shape index (κ2) is 8.01. The molecular formula is C13H23N3O. The van der Waals surface area contributed by atoms with Crippen molar-refractivity contribution in [1.82, 2.24) is 9.97 Å². The molecule has 4 heteroatoms. The van der Waals surface area contributed by atoms with Crippen molar-refractivity contribution in [3.8, 4) is 5.88 Å². The molecule has 2 N–H and O–H groups in total. The molecule has 1 rings (SSSR count). The molecule has 0 saturated heterocycles. The molecule has 0 saturated carbocycles. The van der Waals surface area contributed by atoms with E-state index in [1.54, 1.807) is 12.4 Å². The van der Waals surface area contributed by atoms with Crippen LogP contribution in [0.2, 0.25) is 0 Å². The molecule has 0 aliphatic heterocycles. The maximum atomic E-state index is 5.72. The molecule has 0 aromatic carbocycles. The summed E-state index contributed by atoms with van der Waals surface area (Å²) in [5.74, 6) is 1.19. The zero-order chi connectivity index (χ0) is 12.5. The lowest BCUT2D eigenvalue weighted by Crippen LogP contribution is -2.14. The Bertz CT molecular complexity index is 317. The summed E-state index contributed by atoms with van der Waals surface area (Å²) >= 11 is 0. The summed E-state index contributed by atoms with van der Waals surface area (Å²) < 4.78 is 5.72. The highest BCUT2D eigenvalue weighted by Gasteiger charge is 2.09. The van der Waals surface area contributed by atoms with Crippen LogP contribution in [0.5, 0.6) is 5.88 Å². The average Bonchev–Trinajstić information content (AvgIpc) is 2.39. The molecule has 96 valence electrons. The van der Waals surface area contributed by atoms with Crippen molar-refractivity contribution >= 4 is 0 Å². The van der Waals surface area contributed by atoms with Gasteiger partial charge >= 0.3 is 0 Å². The van der Waals surface area contributed by atoms with Gasteiger partial charge in [0.15, 0.2) is 0 Å². The molecule has 17 heavy (non-hydrogen) atoms. The number of nitrogens with two attached hydrogens (primary N) is 1. The molecular weight excluding hydrogens is 214 g/mol. The average molecular weight is 237 g/mol. The highest BCUT2D eigenvalue weighted by atomic mass is 16.5. The van der Waals surface area contributed by atoms with Gasteiger partial charge < -0.3 is 10.5 Å². The molecule has 0 aliphatic carbocycles. The summed E-state index contributed by atoms with van der Waals surface area (Å²) in [4.78, 5) is 8.32. The van der Waals surface area contributed by atoms with Gasteiger partial charge in [-0.15, -0.1) is 0 Å². The molecule has 0 radical (unpaired) electrons. The van der Waals surface area contributed by atoms with Gasteiger partial charge in [-0.25, -0.2) is 4.98 Å². The molecule has 1 atom stereocenters. The summed E-state index contributed by atoms with van der Waals surface area (Å²) in [6, 6.07) is 0. The second-order valence-corrected chi connectivity index (χ2v) is 4.24. The zero-order valence-electron chi connectivity index (χ0n) is 10.9. The molecule has 0 fully saturated rings. The first-order valence-corrected chi connectivity index (χ1v) is 6.44. The van der Waals surface area contributed by atoms with Crippen molar-refractivity contribution < 1.29 is 4.74 Å². The number of nitrogens with zero attached hydrogens (tertiary/aromatic N) is 2. The van der Waals surface area contributed by atoms with Crippen LogP contribution >= 0.6 is 0 Å². The predicted octanol–water partition coefficient (Wildman–Crippen LogP) is 2.53. The van der Waals surface area contributed by atoms with Crippen LogP contribution in [0.3, 0.4) is 0 Å². The first kappa shape index (κ1) is 13.9. The fourth-order valence-corrected chi connectivity index (χ4v) is 1.71. The Morgan fingerprint density at radius 1 is 1.29 bits per heavy atom. The Morgan fingerprint density at radius 2 is 2.06 bits per heavy atom. The molecule has 1 unspecified atom stereocenters. The van der Waals surface area contributed by atoms with Crippen LogP contribution < -0.4 is 10.5 Å². The smallest absolute Gasteiger partial charge is 0.236 e. The lowest BCUT2D eigenvalue weighted by Gasteiger charge is -2.15. The molecule has 4 nitrogen and oxygen atoms in total. The lowest BCUT2D eigenvalue weighted by atomic mass is 10.0. The summed E-state index contributed by atoms with van der Waals surface area (Å²) in [5, 5.41) is 0. The van der Waals surface area contributed by atoms with Crippen molar-refractivity contribution in [2.75, 3.05) is 6.61 Å². The van der Waals surface area contributed by atoms with Crippen molar-refractivity contribution in [2.45, 2.75) is 46.1 Å². The number of ether oxygens (including phenoxy) is 1. The van der Waals surface area contributed by atoms with Crippen LogP contribution in [0.25, 0.3) is 0 Å². The highest BCUT2D eigenvalue weighted by Crippen LogP contribution is 2.16. The van der Waals surface area contributed by atoms with E-state index in [4.69, 9.17) is 10.5 Å². The van der Waals surface area contributed by atoms with E-state index in [2.05, 4.69) is 23.8 Å². The van der Waals surface area contributed by atoms with Crippen LogP contribution in [-0.4, -0.2) is 16.6 Å². The fourth-order valence-electron chi connectivity index (χ4n) is 1.71. The maximum Gasteiger partial charge on any atom is 0.236 e. The lowest BCUT2D eigenvalue weighted by molar-refractivity contribution is 0.223. The van der Waals surface area contributed by atoms with Crippen molar-refractivity contribution in [2.24, 2.45) is 11.7 Å². The van der Waals surface area contributed by atoms with Gasteiger partial charge in [0.25, 0.3) is 0 Å². The topological polar surface area (TPSA) is 61.0 Å². The maximum absolute atomic E-state index is 5.72. The van der Waals surface area contributed by atoms with E-state index < -0.39 is 0 Å². The van der Waals surface area contributed by atoms with Gasteiger partial charge in [0, 0.05) is 18.9 Å². The Morgan fingerprint density at radius 3 is 2.71 bits per heavy atom. The van der Waals surface area contributed by atoms with Gasteiger partial charge in [-0.05, 0) is 12.3 Å². The summed E-state index contributed by atoms with van der Waals surface area (Å²) in [6.45, 7) is 5.49. The first-order chi connectivity index (χ1) is 8.31. The fraction of sp³-hybridized carbons (Fsp3) is 0.692. The van der Waals surface area contributed by atoms with E-state index in [0.29, 0.717) is 24.9 Å².